The highest BCUT2D eigenvalue weighted by atomic mass is 35.5. The number of thioether (sulfide) groups is 1. The Balaban J connectivity index is 1.56. The van der Waals surface area contributed by atoms with Crippen molar-refractivity contribution < 1.29 is 4.79 Å². The Labute approximate surface area is 195 Å². The molecular weight excluding hydrogens is 442 g/mol. The van der Waals surface area contributed by atoms with Crippen molar-refractivity contribution >= 4 is 35.0 Å². The lowest BCUT2D eigenvalue weighted by Crippen LogP contribution is -2.32. The maximum Gasteiger partial charge on any atom is 0.257 e. The van der Waals surface area contributed by atoms with Crippen LogP contribution in [0.1, 0.15) is 47.4 Å². The van der Waals surface area contributed by atoms with E-state index in [4.69, 9.17) is 16.6 Å². The minimum absolute atomic E-state index is 0.103. The summed E-state index contributed by atoms with van der Waals surface area (Å²) in [5.41, 5.74) is 4.92. The third kappa shape index (κ3) is 3.89. The van der Waals surface area contributed by atoms with E-state index in [-0.39, 0.29) is 11.3 Å². The van der Waals surface area contributed by atoms with E-state index in [1.807, 2.05) is 55.5 Å². The smallest absolute Gasteiger partial charge is 0.257 e. The molecule has 0 amide bonds. The van der Waals surface area contributed by atoms with E-state index in [2.05, 4.69) is 10.3 Å². The Bertz CT molecular complexity index is 1300. The molecule has 0 unspecified atom stereocenters. The lowest BCUT2D eigenvalue weighted by Gasteiger charge is -2.32. The summed E-state index contributed by atoms with van der Waals surface area (Å²) >= 11 is 7.70. The minimum Gasteiger partial charge on any atom is -0.343 e. The molecule has 1 aliphatic carbocycles. The van der Waals surface area contributed by atoms with Crippen LogP contribution in [0, 0.1) is 6.92 Å². The molecule has 2 heterocycles. The van der Waals surface area contributed by atoms with Gasteiger partial charge in [-0.15, -0.1) is 0 Å². The van der Waals surface area contributed by atoms with Gasteiger partial charge in [-0.05, 0) is 37.0 Å². The van der Waals surface area contributed by atoms with E-state index in [1.165, 1.54) is 11.8 Å². The summed E-state index contributed by atoms with van der Waals surface area (Å²) in [6.45, 7) is 2.02. The van der Waals surface area contributed by atoms with Gasteiger partial charge in [-0.25, -0.2) is 4.98 Å². The molecule has 0 saturated heterocycles. The molecule has 0 spiro atoms. The molecule has 1 aliphatic heterocycles. The highest BCUT2D eigenvalue weighted by Gasteiger charge is 2.37. The molecule has 2 N–H and O–H groups in total. The van der Waals surface area contributed by atoms with Crippen molar-refractivity contribution in [2.75, 3.05) is 5.32 Å². The quantitative estimate of drug-likeness (QED) is 0.389. The molecule has 2 aromatic carbocycles. The van der Waals surface area contributed by atoms with Crippen LogP contribution in [0.3, 0.4) is 0 Å². The van der Waals surface area contributed by atoms with E-state index in [1.54, 1.807) is 0 Å². The van der Waals surface area contributed by atoms with Crippen molar-refractivity contribution in [3.8, 4) is 0 Å². The zero-order valence-electron chi connectivity index (χ0n) is 17.6. The van der Waals surface area contributed by atoms with Gasteiger partial charge in [-0.2, -0.15) is 0 Å². The number of carbonyl (C=O) groups excluding carboxylic acids is 1. The Morgan fingerprint density at radius 2 is 1.88 bits per heavy atom. The Kier molecular flexibility index (Phi) is 5.66. The SMILES string of the molecule is Cc1ccc([C@@H]2C3=C(CCCC3=O)Nc3nc(SCc4ccccc4Cl)[nH]c(=O)c32)cc1. The summed E-state index contributed by atoms with van der Waals surface area (Å²) in [5.74, 6) is 0.823. The fourth-order valence-electron chi connectivity index (χ4n) is 4.36. The van der Waals surface area contributed by atoms with E-state index in [9.17, 15) is 9.59 Å². The molecular formula is C25H22ClN3O2S. The first kappa shape index (κ1) is 21.0. The van der Waals surface area contributed by atoms with E-state index >= 15 is 0 Å². The number of fused-ring (bicyclic) bond motifs is 1. The molecule has 5 nitrogen and oxygen atoms in total. The summed E-state index contributed by atoms with van der Waals surface area (Å²) < 4.78 is 0. The average molecular weight is 464 g/mol. The first-order chi connectivity index (χ1) is 15.5. The summed E-state index contributed by atoms with van der Waals surface area (Å²) in [6.07, 6.45) is 2.09. The molecule has 1 atom stereocenters. The number of halogens is 1. The molecule has 7 heteroatoms. The van der Waals surface area contributed by atoms with Crippen LogP contribution in [-0.4, -0.2) is 15.8 Å². The predicted octanol–water partition coefficient (Wildman–Crippen LogP) is 5.59. The number of aryl methyl sites for hydroxylation is 1. The number of hydrogen-bond donors (Lipinski definition) is 2. The summed E-state index contributed by atoms with van der Waals surface area (Å²) in [6, 6.07) is 15.7. The van der Waals surface area contributed by atoms with Crippen LogP contribution < -0.4 is 10.9 Å². The molecule has 2 aliphatic rings. The van der Waals surface area contributed by atoms with Crippen molar-refractivity contribution in [1.29, 1.82) is 0 Å². The zero-order valence-corrected chi connectivity index (χ0v) is 19.1. The van der Waals surface area contributed by atoms with Crippen LogP contribution in [0.15, 0.2) is 69.8 Å². The van der Waals surface area contributed by atoms with E-state index < -0.39 is 5.92 Å². The van der Waals surface area contributed by atoms with Crippen LogP contribution in [0.25, 0.3) is 0 Å². The van der Waals surface area contributed by atoms with Crippen LogP contribution in [0.2, 0.25) is 5.02 Å². The fraction of sp³-hybridized carbons (Fsp3) is 0.240. The van der Waals surface area contributed by atoms with Crippen molar-refractivity contribution in [2.24, 2.45) is 0 Å². The second-order valence-electron chi connectivity index (χ2n) is 8.15. The van der Waals surface area contributed by atoms with Gasteiger partial charge >= 0.3 is 0 Å². The molecule has 0 saturated carbocycles. The van der Waals surface area contributed by atoms with Crippen LogP contribution in [-0.2, 0) is 10.5 Å². The van der Waals surface area contributed by atoms with Gasteiger partial charge in [-0.3, -0.25) is 9.59 Å². The molecule has 0 fully saturated rings. The van der Waals surface area contributed by atoms with Gasteiger partial charge in [0.15, 0.2) is 10.9 Å². The van der Waals surface area contributed by atoms with Gasteiger partial charge in [0.25, 0.3) is 5.56 Å². The first-order valence-corrected chi connectivity index (χ1v) is 12.0. The minimum atomic E-state index is -0.409. The van der Waals surface area contributed by atoms with Gasteiger partial charge in [0.05, 0.1) is 5.56 Å². The molecule has 0 bridgehead atoms. The summed E-state index contributed by atoms with van der Waals surface area (Å²) in [7, 11) is 0. The topological polar surface area (TPSA) is 74.8 Å². The second kappa shape index (κ2) is 8.60. The number of anilines is 1. The Morgan fingerprint density at radius 1 is 1.09 bits per heavy atom. The first-order valence-electron chi connectivity index (χ1n) is 10.6. The third-order valence-corrected chi connectivity index (χ3v) is 7.26. The molecule has 0 radical (unpaired) electrons. The largest absolute Gasteiger partial charge is 0.343 e. The number of nitrogens with zero attached hydrogens (tertiary/aromatic N) is 1. The normalized spacial score (nSPS) is 17.6. The molecule has 5 rings (SSSR count). The maximum atomic E-state index is 13.3. The van der Waals surface area contributed by atoms with Crippen molar-refractivity contribution in [1.82, 2.24) is 9.97 Å². The van der Waals surface area contributed by atoms with E-state index in [0.717, 1.165) is 35.2 Å². The number of carbonyl (C=O) groups is 1. The highest BCUT2D eigenvalue weighted by molar-refractivity contribution is 7.98. The van der Waals surface area contributed by atoms with Gasteiger partial charge < -0.3 is 10.3 Å². The predicted molar refractivity (Wildman–Crippen MR) is 128 cm³/mol. The van der Waals surface area contributed by atoms with Crippen molar-refractivity contribution in [2.45, 2.75) is 43.0 Å². The van der Waals surface area contributed by atoms with Gasteiger partial charge in [0.1, 0.15) is 5.82 Å². The lowest BCUT2D eigenvalue weighted by molar-refractivity contribution is -0.116. The number of aromatic amines is 1. The highest BCUT2D eigenvalue weighted by Crippen LogP contribution is 2.43. The van der Waals surface area contributed by atoms with Gasteiger partial charge in [0.2, 0.25) is 0 Å². The van der Waals surface area contributed by atoms with Crippen LogP contribution in [0.5, 0.6) is 0 Å². The van der Waals surface area contributed by atoms with Crippen molar-refractivity contribution in [3.63, 3.8) is 0 Å². The number of allylic oxidation sites excluding steroid dienone is 2. The monoisotopic (exact) mass is 463 g/mol. The fourth-order valence-corrected chi connectivity index (χ4v) is 5.51. The van der Waals surface area contributed by atoms with Crippen LogP contribution >= 0.6 is 23.4 Å². The second-order valence-corrected chi connectivity index (χ2v) is 9.52. The Morgan fingerprint density at radius 3 is 2.66 bits per heavy atom. The van der Waals surface area contributed by atoms with E-state index in [0.29, 0.717) is 39.3 Å². The molecule has 1 aromatic heterocycles. The number of benzene rings is 2. The third-order valence-electron chi connectivity index (χ3n) is 5.97. The molecule has 3 aromatic rings. The maximum absolute atomic E-state index is 13.3. The van der Waals surface area contributed by atoms with Crippen molar-refractivity contribution in [3.05, 3.63) is 97.4 Å². The summed E-state index contributed by atoms with van der Waals surface area (Å²) in [5, 5.41) is 4.53. The zero-order chi connectivity index (χ0) is 22.2. The number of hydrogen-bond acceptors (Lipinski definition) is 5. The van der Waals surface area contributed by atoms with Gasteiger partial charge in [-0.1, -0.05) is 71.4 Å². The number of aromatic nitrogens is 2. The van der Waals surface area contributed by atoms with Gasteiger partial charge in [0, 0.05) is 34.4 Å². The summed E-state index contributed by atoms with van der Waals surface area (Å²) in [4.78, 5) is 33.9. The number of rotatable bonds is 4. The lowest BCUT2D eigenvalue weighted by atomic mass is 9.76. The number of Topliss-reactive ketones (excluding diaryl/α,β-unsaturated/α-hetero) is 1. The van der Waals surface area contributed by atoms with Crippen LogP contribution in [0.4, 0.5) is 5.82 Å². The molecule has 162 valence electrons. The number of H-pyrrole nitrogens is 1. The standard InChI is InChI=1S/C25H22ClN3O2S/c1-14-9-11-15(12-10-14)20-21-18(7-4-8-19(21)30)27-23-22(20)24(31)29-25(28-23)32-13-16-5-2-3-6-17(16)26/h2-3,5-6,9-12,20H,4,7-8,13H2,1H3,(H2,27,28,29,31)/t20-/m1/s1. The average Bonchev–Trinajstić information content (AvgIpc) is 2.78. The Hall–Kier alpha value is -2.83. The number of ketones is 1. The molecule has 32 heavy (non-hydrogen) atoms. The number of nitrogens with one attached hydrogen (secondary N) is 2.